The summed E-state index contributed by atoms with van der Waals surface area (Å²) in [7, 11) is 0. The Bertz CT molecular complexity index is 2250. The third kappa shape index (κ3) is 19.0. The van der Waals surface area contributed by atoms with Gasteiger partial charge in [0, 0.05) is 29.9 Å². The van der Waals surface area contributed by atoms with Crippen molar-refractivity contribution >= 4 is 52.9 Å². The van der Waals surface area contributed by atoms with E-state index in [0.29, 0.717) is 61.0 Å². The summed E-state index contributed by atoms with van der Waals surface area (Å²) in [6.45, 7) is 14.3. The van der Waals surface area contributed by atoms with Crippen molar-refractivity contribution in [2.45, 2.75) is 71.1 Å². The highest BCUT2D eigenvalue weighted by Gasteiger charge is 2.21. The minimum atomic E-state index is -0.670. The number of ether oxygens (including phenoxy) is 6. The molecular formula is C51H57N3O11S. The van der Waals surface area contributed by atoms with Crippen LogP contribution in [-0.4, -0.2) is 78.4 Å². The molecular weight excluding hydrogens is 863 g/mol. The number of hydrazone groups is 1. The predicted octanol–water partition coefficient (Wildman–Crippen LogP) is 10.2. The van der Waals surface area contributed by atoms with Crippen molar-refractivity contribution < 1.29 is 52.4 Å². The number of carbonyl (C=O) groups is 5. The molecule has 0 unspecified atom stereocenters. The van der Waals surface area contributed by atoms with Crippen molar-refractivity contribution in [2.24, 2.45) is 10.1 Å². The summed E-state index contributed by atoms with van der Waals surface area (Å²) in [6.07, 6.45) is 18.4. The first-order valence-electron chi connectivity index (χ1n) is 21.8. The topological polar surface area (TPSA) is 169 Å². The lowest BCUT2D eigenvalue weighted by molar-refractivity contribution is -0.138. The maximum Gasteiger partial charge on any atom is 0.343 e. The fourth-order valence-corrected chi connectivity index (χ4v) is 6.64. The van der Waals surface area contributed by atoms with Gasteiger partial charge < -0.3 is 28.4 Å². The Kier molecular flexibility index (Phi) is 23.0. The maximum absolute atomic E-state index is 13.5. The van der Waals surface area contributed by atoms with Crippen LogP contribution in [0, 0.1) is 0 Å². The molecule has 0 saturated heterocycles. The van der Waals surface area contributed by atoms with E-state index in [-0.39, 0.29) is 40.5 Å². The van der Waals surface area contributed by atoms with Crippen LogP contribution in [0.2, 0.25) is 0 Å². The molecule has 0 bridgehead atoms. The van der Waals surface area contributed by atoms with Crippen LogP contribution in [-0.2, 0) is 23.9 Å². The van der Waals surface area contributed by atoms with Crippen LogP contribution in [0.1, 0.15) is 97.4 Å². The standard InChI is InChI=1S/C51H57N3O11S/c1-5-19-46(55)54(51-53-38(4)20-13-12-18-35-66-51)52-37-41-36-44(64-49(58)39-21-25-42(26-22-39)60-31-14-8-10-16-33-62-47(56)6-2)29-30-45(41)65-50(59)40-23-27-43(28-24-40)61-32-15-9-11-17-34-63-48(57)7-3/h6-7,12-13,18,20-30,36-37H,2-5,8-11,14-17,19,31-35H2,1H3/b18-12-,20-13-,52-37+,53-51?. The van der Waals surface area contributed by atoms with Crippen LogP contribution in [0.25, 0.3) is 0 Å². The number of hydrogen-bond acceptors (Lipinski definition) is 14. The Labute approximate surface area is 390 Å². The summed E-state index contributed by atoms with van der Waals surface area (Å²) in [5, 5.41) is 6.05. The van der Waals surface area contributed by atoms with Crippen LogP contribution >= 0.6 is 11.8 Å². The largest absolute Gasteiger partial charge is 0.494 e. The van der Waals surface area contributed by atoms with E-state index in [4.69, 9.17) is 28.4 Å². The third-order valence-electron chi connectivity index (χ3n) is 9.29. The van der Waals surface area contributed by atoms with Crippen LogP contribution in [0.3, 0.4) is 0 Å². The highest BCUT2D eigenvalue weighted by atomic mass is 32.2. The van der Waals surface area contributed by atoms with E-state index in [1.165, 1.54) is 41.2 Å². The molecule has 15 heteroatoms. The average molecular weight is 920 g/mol. The van der Waals surface area contributed by atoms with Crippen molar-refractivity contribution in [3.05, 3.63) is 145 Å². The number of amidine groups is 1. The first-order valence-corrected chi connectivity index (χ1v) is 22.8. The van der Waals surface area contributed by atoms with Crippen LogP contribution in [0.4, 0.5) is 0 Å². The molecule has 3 aromatic rings. The van der Waals surface area contributed by atoms with Gasteiger partial charge in [0.1, 0.15) is 23.0 Å². The monoisotopic (exact) mass is 919 g/mol. The molecule has 1 aliphatic heterocycles. The molecule has 0 atom stereocenters. The van der Waals surface area contributed by atoms with Gasteiger partial charge in [-0.2, -0.15) is 10.1 Å². The summed E-state index contributed by atoms with van der Waals surface area (Å²) in [5.41, 5.74) is 1.18. The number of rotatable bonds is 26. The molecule has 14 nitrogen and oxygen atoms in total. The van der Waals surface area contributed by atoms with Crippen molar-refractivity contribution in [3.8, 4) is 23.0 Å². The van der Waals surface area contributed by atoms with Gasteiger partial charge in [0.15, 0.2) is 5.17 Å². The van der Waals surface area contributed by atoms with Crippen molar-refractivity contribution in [2.75, 3.05) is 32.2 Å². The van der Waals surface area contributed by atoms with Gasteiger partial charge in [-0.05, 0) is 131 Å². The van der Waals surface area contributed by atoms with E-state index < -0.39 is 23.9 Å². The zero-order valence-electron chi connectivity index (χ0n) is 37.4. The van der Waals surface area contributed by atoms with Crippen molar-refractivity contribution in [1.29, 1.82) is 0 Å². The lowest BCUT2D eigenvalue weighted by atomic mass is 10.2. The van der Waals surface area contributed by atoms with Crippen LogP contribution in [0.15, 0.2) is 139 Å². The molecule has 0 spiro atoms. The van der Waals surface area contributed by atoms with E-state index in [2.05, 4.69) is 29.8 Å². The van der Waals surface area contributed by atoms with Gasteiger partial charge in [-0.15, -0.1) is 0 Å². The number of amides is 1. The molecule has 0 N–H and O–H groups in total. The summed E-state index contributed by atoms with van der Waals surface area (Å²) in [4.78, 5) is 67.2. The second-order valence-electron chi connectivity index (χ2n) is 14.5. The van der Waals surface area contributed by atoms with Gasteiger partial charge in [-0.1, -0.05) is 56.7 Å². The zero-order chi connectivity index (χ0) is 47.4. The molecule has 4 rings (SSSR count). The Balaban J connectivity index is 1.46. The first-order chi connectivity index (χ1) is 32.1. The number of allylic oxidation sites excluding steroid dienone is 3. The van der Waals surface area contributed by atoms with Gasteiger partial charge in [0.05, 0.1) is 49.5 Å². The Morgan fingerprint density at radius 2 is 1.23 bits per heavy atom. The van der Waals surface area contributed by atoms with Crippen LogP contribution < -0.4 is 18.9 Å². The molecule has 3 aromatic carbocycles. The zero-order valence-corrected chi connectivity index (χ0v) is 38.2. The number of esters is 4. The number of nitrogens with zero attached hydrogens (tertiary/aromatic N) is 3. The molecule has 66 heavy (non-hydrogen) atoms. The Morgan fingerprint density at radius 3 is 1.77 bits per heavy atom. The fourth-order valence-electron chi connectivity index (χ4n) is 5.83. The molecule has 0 aliphatic carbocycles. The summed E-state index contributed by atoms with van der Waals surface area (Å²) < 4.78 is 33.3. The molecule has 0 fully saturated rings. The predicted molar refractivity (Wildman–Crippen MR) is 256 cm³/mol. The van der Waals surface area contributed by atoms with E-state index in [1.807, 2.05) is 25.2 Å². The minimum absolute atomic E-state index is 0.0861. The summed E-state index contributed by atoms with van der Waals surface area (Å²) in [6, 6.07) is 17.6. The molecule has 0 aromatic heterocycles. The van der Waals surface area contributed by atoms with E-state index in [9.17, 15) is 24.0 Å². The normalized spacial score (nSPS) is 13.2. The third-order valence-corrected chi connectivity index (χ3v) is 10.2. The Hall–Kier alpha value is -7.00. The molecule has 1 heterocycles. The lowest BCUT2D eigenvalue weighted by Gasteiger charge is -2.18. The van der Waals surface area contributed by atoms with E-state index >= 15 is 0 Å². The summed E-state index contributed by atoms with van der Waals surface area (Å²) >= 11 is 1.30. The van der Waals surface area contributed by atoms with E-state index in [0.717, 1.165) is 63.5 Å². The van der Waals surface area contributed by atoms with E-state index in [1.54, 1.807) is 54.6 Å². The van der Waals surface area contributed by atoms with Gasteiger partial charge in [-0.25, -0.2) is 24.2 Å². The fraction of sp³-hybridized carbons (Fsp3) is 0.314. The number of thioether (sulfide) groups is 1. The van der Waals surface area contributed by atoms with Crippen molar-refractivity contribution in [1.82, 2.24) is 5.01 Å². The lowest BCUT2D eigenvalue weighted by Crippen LogP contribution is -2.31. The van der Waals surface area contributed by atoms with Gasteiger partial charge >= 0.3 is 23.9 Å². The summed E-state index contributed by atoms with van der Waals surface area (Å²) in [5.74, 6) is -0.581. The van der Waals surface area contributed by atoms with Crippen molar-refractivity contribution in [3.63, 3.8) is 0 Å². The number of carbonyl (C=O) groups excluding carboxylic acids is 5. The van der Waals surface area contributed by atoms with Gasteiger partial charge in [-0.3, -0.25) is 4.79 Å². The first kappa shape index (κ1) is 51.6. The SMILES string of the molecule is C=CC(=O)OCCCCCCOc1ccc(C(=O)Oc2ccc(OC(=O)c3ccc(OCCCCCCOC(=O)C=C)cc3)c(/C=N/N(C(=O)CCC)C3=NC(=C)/C=C\C=C/CS3)c2)cc1. The Morgan fingerprint density at radius 1 is 0.697 bits per heavy atom. The second-order valence-corrected chi connectivity index (χ2v) is 15.5. The minimum Gasteiger partial charge on any atom is -0.494 e. The molecule has 0 saturated carbocycles. The average Bonchev–Trinajstić information content (AvgIpc) is 3.43. The second kappa shape index (κ2) is 29.4. The highest BCUT2D eigenvalue weighted by molar-refractivity contribution is 8.13. The molecule has 0 radical (unpaired) electrons. The number of unbranched alkanes of at least 4 members (excludes halogenated alkanes) is 6. The van der Waals surface area contributed by atoms with Gasteiger partial charge in [0.25, 0.3) is 0 Å². The molecule has 1 amide bonds. The van der Waals surface area contributed by atoms with Gasteiger partial charge in [0.2, 0.25) is 5.91 Å². The highest BCUT2D eigenvalue weighted by Crippen LogP contribution is 2.27. The molecule has 348 valence electrons. The molecule has 1 aliphatic rings. The maximum atomic E-state index is 13.5. The number of benzene rings is 3. The smallest absolute Gasteiger partial charge is 0.343 e. The quantitative estimate of drug-likeness (QED) is 0.0187. The van der Waals surface area contributed by atoms with Crippen LogP contribution in [0.5, 0.6) is 23.0 Å². The number of aliphatic imine (C=N–C) groups is 1. The number of hydrogen-bond donors (Lipinski definition) is 0.